The first-order valence-electron chi connectivity index (χ1n) is 4.89. The van der Waals surface area contributed by atoms with Gasteiger partial charge in [-0.1, -0.05) is 5.16 Å². The number of ether oxygens (including phenoxy) is 1. The third kappa shape index (κ3) is 2.23. The van der Waals surface area contributed by atoms with Crippen molar-refractivity contribution in [2.24, 2.45) is 0 Å². The predicted octanol–water partition coefficient (Wildman–Crippen LogP) is 1.96. The maximum Gasteiger partial charge on any atom is 0.260 e. The Hall–Kier alpha value is -1.40. The van der Waals surface area contributed by atoms with Crippen molar-refractivity contribution in [1.29, 1.82) is 0 Å². The summed E-state index contributed by atoms with van der Waals surface area (Å²) in [7, 11) is 1.66. The number of nitrogens with zero attached hydrogens (tertiary/aromatic N) is 2. The molecule has 16 heavy (non-hydrogen) atoms. The van der Waals surface area contributed by atoms with Crippen molar-refractivity contribution in [3.05, 3.63) is 17.3 Å². The van der Waals surface area contributed by atoms with Gasteiger partial charge < -0.3 is 15.0 Å². The highest BCUT2D eigenvalue weighted by Gasteiger charge is 2.14. The zero-order valence-corrected chi connectivity index (χ0v) is 9.95. The van der Waals surface area contributed by atoms with Crippen LogP contribution in [-0.2, 0) is 11.2 Å². The first kappa shape index (κ1) is 11.1. The van der Waals surface area contributed by atoms with E-state index in [1.54, 1.807) is 7.11 Å². The van der Waals surface area contributed by atoms with Gasteiger partial charge in [0.25, 0.3) is 5.89 Å². The van der Waals surface area contributed by atoms with Crippen LogP contribution in [0.3, 0.4) is 0 Å². The van der Waals surface area contributed by atoms with E-state index in [-0.39, 0.29) is 6.10 Å². The Labute approximate surface area is 97.2 Å². The predicted molar refractivity (Wildman–Crippen MR) is 62.2 cm³/mol. The van der Waals surface area contributed by atoms with Gasteiger partial charge in [0.15, 0.2) is 5.82 Å². The van der Waals surface area contributed by atoms with Gasteiger partial charge in [-0.2, -0.15) is 4.98 Å². The number of hydrogen-bond donors (Lipinski definition) is 1. The number of anilines is 1. The van der Waals surface area contributed by atoms with Crippen LogP contribution in [0.25, 0.3) is 11.5 Å². The van der Waals surface area contributed by atoms with Crippen LogP contribution in [0.2, 0.25) is 0 Å². The molecule has 0 bridgehead atoms. The SMILES string of the molecule is COC(C)Cc1noc(-c2ccsc2N)n1. The summed E-state index contributed by atoms with van der Waals surface area (Å²) in [6, 6.07) is 1.87. The smallest absolute Gasteiger partial charge is 0.260 e. The number of nitrogens with two attached hydrogens (primary N) is 1. The van der Waals surface area contributed by atoms with Crippen molar-refractivity contribution in [3.8, 4) is 11.5 Å². The van der Waals surface area contributed by atoms with Gasteiger partial charge in [0.1, 0.15) is 0 Å². The van der Waals surface area contributed by atoms with Gasteiger partial charge in [-0.25, -0.2) is 0 Å². The van der Waals surface area contributed by atoms with E-state index < -0.39 is 0 Å². The summed E-state index contributed by atoms with van der Waals surface area (Å²) in [5.74, 6) is 1.10. The summed E-state index contributed by atoms with van der Waals surface area (Å²) in [4.78, 5) is 4.27. The number of methoxy groups -OCH3 is 1. The van der Waals surface area contributed by atoms with Gasteiger partial charge in [-0.15, -0.1) is 11.3 Å². The summed E-state index contributed by atoms with van der Waals surface area (Å²) < 4.78 is 10.3. The molecule has 6 heteroatoms. The van der Waals surface area contributed by atoms with E-state index in [1.807, 2.05) is 18.4 Å². The highest BCUT2D eigenvalue weighted by molar-refractivity contribution is 7.14. The quantitative estimate of drug-likeness (QED) is 0.882. The Morgan fingerprint density at radius 2 is 2.44 bits per heavy atom. The van der Waals surface area contributed by atoms with Crippen LogP contribution in [0.1, 0.15) is 12.7 Å². The molecular weight excluding hydrogens is 226 g/mol. The van der Waals surface area contributed by atoms with E-state index in [0.29, 0.717) is 23.1 Å². The monoisotopic (exact) mass is 239 g/mol. The second-order valence-electron chi connectivity index (χ2n) is 3.46. The molecule has 5 nitrogen and oxygen atoms in total. The molecule has 0 aromatic carbocycles. The van der Waals surface area contributed by atoms with Gasteiger partial charge in [0.2, 0.25) is 0 Å². The molecule has 2 aromatic rings. The van der Waals surface area contributed by atoms with Crippen LogP contribution < -0.4 is 5.73 Å². The van der Waals surface area contributed by atoms with E-state index in [0.717, 1.165) is 5.56 Å². The fraction of sp³-hybridized carbons (Fsp3) is 0.400. The lowest BCUT2D eigenvalue weighted by molar-refractivity contribution is 0.116. The molecule has 0 aliphatic heterocycles. The van der Waals surface area contributed by atoms with Crippen LogP contribution in [0.4, 0.5) is 5.00 Å². The average Bonchev–Trinajstić information content (AvgIpc) is 2.86. The van der Waals surface area contributed by atoms with E-state index >= 15 is 0 Å². The van der Waals surface area contributed by atoms with E-state index in [2.05, 4.69) is 10.1 Å². The van der Waals surface area contributed by atoms with E-state index in [9.17, 15) is 0 Å². The molecule has 0 spiro atoms. The van der Waals surface area contributed by atoms with Crippen LogP contribution in [-0.4, -0.2) is 23.4 Å². The minimum Gasteiger partial charge on any atom is -0.390 e. The minimum atomic E-state index is 0.0743. The lowest BCUT2D eigenvalue weighted by Crippen LogP contribution is -2.09. The Kier molecular flexibility index (Phi) is 3.21. The zero-order valence-electron chi connectivity index (χ0n) is 9.14. The number of rotatable bonds is 4. The maximum atomic E-state index is 5.78. The van der Waals surface area contributed by atoms with Gasteiger partial charge in [-0.05, 0) is 18.4 Å². The summed E-state index contributed by atoms with van der Waals surface area (Å²) in [5, 5.41) is 6.47. The minimum absolute atomic E-state index is 0.0743. The molecule has 2 N–H and O–H groups in total. The largest absolute Gasteiger partial charge is 0.390 e. The molecule has 1 atom stereocenters. The van der Waals surface area contributed by atoms with Crippen molar-refractivity contribution >= 4 is 16.3 Å². The molecule has 1 unspecified atom stereocenters. The summed E-state index contributed by atoms with van der Waals surface area (Å²) in [6.45, 7) is 1.95. The second-order valence-corrected chi connectivity index (χ2v) is 4.41. The fourth-order valence-electron chi connectivity index (χ4n) is 1.28. The molecule has 2 aromatic heterocycles. The number of thiophene rings is 1. The fourth-order valence-corrected chi connectivity index (χ4v) is 1.92. The molecule has 0 saturated carbocycles. The average molecular weight is 239 g/mol. The zero-order chi connectivity index (χ0) is 11.5. The number of aromatic nitrogens is 2. The molecular formula is C10H13N3O2S. The molecule has 0 aliphatic carbocycles. The van der Waals surface area contributed by atoms with Gasteiger partial charge in [-0.3, -0.25) is 0 Å². The maximum absolute atomic E-state index is 5.78. The van der Waals surface area contributed by atoms with Crippen LogP contribution in [0, 0.1) is 0 Å². The third-order valence-corrected chi connectivity index (χ3v) is 3.01. The van der Waals surface area contributed by atoms with E-state index in [4.69, 9.17) is 15.0 Å². The number of nitrogen functional groups attached to an aromatic ring is 1. The van der Waals surface area contributed by atoms with Crippen LogP contribution in [0.15, 0.2) is 16.0 Å². The van der Waals surface area contributed by atoms with Gasteiger partial charge >= 0.3 is 0 Å². The summed E-state index contributed by atoms with van der Waals surface area (Å²) >= 11 is 1.45. The molecule has 86 valence electrons. The second kappa shape index (κ2) is 4.63. The molecule has 0 radical (unpaired) electrons. The lowest BCUT2D eigenvalue weighted by atomic mass is 10.3. The standard InChI is InChI=1S/C10H13N3O2S/c1-6(14-2)5-8-12-10(15-13-8)7-3-4-16-9(7)11/h3-4,6H,5,11H2,1-2H3. The molecule has 2 heterocycles. The summed E-state index contributed by atoms with van der Waals surface area (Å²) in [6.07, 6.45) is 0.703. The topological polar surface area (TPSA) is 74.2 Å². The van der Waals surface area contributed by atoms with Crippen LogP contribution in [0.5, 0.6) is 0 Å². The van der Waals surface area contributed by atoms with Crippen molar-refractivity contribution in [2.45, 2.75) is 19.4 Å². The molecule has 0 aliphatic rings. The van der Waals surface area contributed by atoms with E-state index in [1.165, 1.54) is 11.3 Å². The molecule has 0 amide bonds. The highest BCUT2D eigenvalue weighted by atomic mass is 32.1. The third-order valence-electron chi connectivity index (χ3n) is 2.27. The van der Waals surface area contributed by atoms with Crippen LogP contribution >= 0.6 is 11.3 Å². The van der Waals surface area contributed by atoms with Crippen molar-refractivity contribution in [1.82, 2.24) is 10.1 Å². The first-order valence-corrected chi connectivity index (χ1v) is 5.77. The van der Waals surface area contributed by atoms with Crippen molar-refractivity contribution in [3.63, 3.8) is 0 Å². The highest BCUT2D eigenvalue weighted by Crippen LogP contribution is 2.29. The lowest BCUT2D eigenvalue weighted by Gasteiger charge is -2.03. The Bertz CT molecular complexity index is 466. The Morgan fingerprint density at radius 1 is 1.62 bits per heavy atom. The van der Waals surface area contributed by atoms with Crippen molar-refractivity contribution in [2.75, 3.05) is 12.8 Å². The van der Waals surface area contributed by atoms with Gasteiger partial charge in [0.05, 0.1) is 16.7 Å². The first-order chi connectivity index (χ1) is 7.70. The van der Waals surface area contributed by atoms with Crippen molar-refractivity contribution < 1.29 is 9.26 Å². The normalized spacial score (nSPS) is 12.9. The molecule has 2 rings (SSSR count). The molecule has 0 fully saturated rings. The van der Waals surface area contributed by atoms with Gasteiger partial charge in [0, 0.05) is 13.5 Å². The Balaban J connectivity index is 2.17. The summed E-state index contributed by atoms with van der Waals surface area (Å²) in [5.41, 5.74) is 6.58. The Morgan fingerprint density at radius 3 is 3.06 bits per heavy atom. The number of hydrogen-bond acceptors (Lipinski definition) is 6. The molecule has 0 saturated heterocycles.